The number of sulfonamides is 1. The van der Waals surface area contributed by atoms with Crippen molar-refractivity contribution in [2.45, 2.75) is 23.7 Å². The fraction of sp³-hybridized carbons (Fsp3) is 0.300. The topological polar surface area (TPSA) is 62.4 Å². The molecule has 0 atom stereocenters. The maximum Gasteiger partial charge on any atom is 0.246 e. The van der Waals surface area contributed by atoms with Crippen LogP contribution in [-0.2, 0) is 10.0 Å². The largest absolute Gasteiger partial charge is 0.495 e. The molecule has 4 rings (SSSR count). The third-order valence-corrected chi connectivity index (χ3v) is 7.73. The molecule has 0 unspecified atom stereocenters. The zero-order valence-corrected chi connectivity index (χ0v) is 17.7. The zero-order chi connectivity index (χ0) is 19.9. The Morgan fingerprint density at radius 1 is 1.18 bits per heavy atom. The molecule has 1 fully saturated rings. The Balaban J connectivity index is 1.57. The molecule has 1 saturated heterocycles. The second kappa shape index (κ2) is 7.50. The van der Waals surface area contributed by atoms with E-state index >= 15 is 0 Å². The first-order valence-corrected chi connectivity index (χ1v) is 11.2. The summed E-state index contributed by atoms with van der Waals surface area (Å²) < 4.78 is 47.4. The van der Waals surface area contributed by atoms with Gasteiger partial charge in [0.25, 0.3) is 0 Å². The van der Waals surface area contributed by atoms with Crippen molar-refractivity contribution >= 4 is 36.9 Å². The molecule has 0 radical (unpaired) electrons. The number of H-pyrrole nitrogens is 1. The fourth-order valence-electron chi connectivity index (χ4n) is 3.85. The normalized spacial score (nSPS) is 16.5. The summed E-state index contributed by atoms with van der Waals surface area (Å²) in [6.45, 7) is 0.815. The number of methoxy groups -OCH3 is 1. The van der Waals surface area contributed by atoms with Gasteiger partial charge in [-0.25, -0.2) is 12.8 Å². The van der Waals surface area contributed by atoms with Gasteiger partial charge in [-0.15, -0.1) is 0 Å². The van der Waals surface area contributed by atoms with Crippen LogP contribution >= 0.6 is 15.9 Å². The number of nitrogens with one attached hydrogen (secondary N) is 1. The molecule has 2 heterocycles. The van der Waals surface area contributed by atoms with Crippen LogP contribution in [0.3, 0.4) is 0 Å². The summed E-state index contributed by atoms with van der Waals surface area (Å²) in [6, 6.07) is 9.67. The molecule has 1 N–H and O–H groups in total. The van der Waals surface area contributed by atoms with Crippen LogP contribution < -0.4 is 4.74 Å². The number of hydrogen-bond donors (Lipinski definition) is 1. The van der Waals surface area contributed by atoms with Crippen molar-refractivity contribution in [3.05, 3.63) is 58.4 Å². The van der Waals surface area contributed by atoms with Crippen LogP contribution in [0, 0.1) is 5.82 Å². The highest BCUT2D eigenvalue weighted by atomic mass is 79.9. The number of nitrogens with zero attached hydrogens (tertiary/aromatic N) is 1. The summed E-state index contributed by atoms with van der Waals surface area (Å²) >= 11 is 3.33. The molecule has 8 heteroatoms. The Hall–Kier alpha value is -1.90. The predicted octanol–water partition coefficient (Wildman–Crippen LogP) is 4.65. The first-order valence-electron chi connectivity index (χ1n) is 9.00. The average Bonchev–Trinajstić information content (AvgIpc) is 3.11. The lowest BCUT2D eigenvalue weighted by Crippen LogP contribution is -2.38. The second-order valence-corrected chi connectivity index (χ2v) is 9.73. The third-order valence-electron chi connectivity index (χ3n) is 5.31. The van der Waals surface area contributed by atoms with E-state index in [1.54, 1.807) is 24.3 Å². The molecule has 5 nitrogen and oxygen atoms in total. The number of piperidine rings is 1. The summed E-state index contributed by atoms with van der Waals surface area (Å²) in [5.41, 5.74) is 1.94. The molecule has 0 aliphatic carbocycles. The third kappa shape index (κ3) is 3.44. The standard InChI is InChI=1S/C20H20BrFN2O3S/c1-27-19-5-2-14(21)10-20(19)28(25,26)24-8-6-13(7-9-24)17-12-23-18-4-3-15(22)11-16(17)18/h2-5,10-13,23H,6-9H2,1H3. The SMILES string of the molecule is COc1ccc(Br)cc1S(=O)(=O)N1CCC(c2c[nH]c3ccc(F)cc23)CC1. The molecular formula is C20H20BrFN2O3S. The summed E-state index contributed by atoms with van der Waals surface area (Å²) in [7, 11) is -2.20. The van der Waals surface area contributed by atoms with Gasteiger partial charge < -0.3 is 9.72 Å². The van der Waals surface area contributed by atoms with Crippen LogP contribution in [0.1, 0.15) is 24.3 Å². The van der Waals surface area contributed by atoms with E-state index in [1.807, 2.05) is 6.20 Å². The molecule has 3 aromatic rings. The summed E-state index contributed by atoms with van der Waals surface area (Å²) in [4.78, 5) is 3.34. The van der Waals surface area contributed by atoms with E-state index in [0.29, 0.717) is 36.2 Å². The van der Waals surface area contributed by atoms with Crippen molar-refractivity contribution in [3.8, 4) is 5.75 Å². The molecule has 28 heavy (non-hydrogen) atoms. The maximum atomic E-state index is 13.7. The van der Waals surface area contributed by atoms with Gasteiger partial charge in [0.15, 0.2) is 0 Å². The summed E-state index contributed by atoms with van der Waals surface area (Å²) in [5, 5.41) is 0.870. The van der Waals surface area contributed by atoms with E-state index in [9.17, 15) is 12.8 Å². The summed E-state index contributed by atoms with van der Waals surface area (Å²) in [5.74, 6) is 0.249. The van der Waals surface area contributed by atoms with Crippen LogP contribution in [-0.4, -0.2) is 37.9 Å². The molecule has 0 saturated carbocycles. The van der Waals surface area contributed by atoms with Crippen molar-refractivity contribution in [2.75, 3.05) is 20.2 Å². The number of benzene rings is 2. The first kappa shape index (κ1) is 19.4. The number of halogens is 2. The highest BCUT2D eigenvalue weighted by molar-refractivity contribution is 9.10. The van der Waals surface area contributed by atoms with E-state index in [4.69, 9.17) is 4.74 Å². The van der Waals surface area contributed by atoms with Crippen LogP contribution in [0.2, 0.25) is 0 Å². The van der Waals surface area contributed by atoms with E-state index in [1.165, 1.54) is 23.5 Å². The predicted molar refractivity (Wildman–Crippen MR) is 110 cm³/mol. The number of rotatable bonds is 4. The smallest absolute Gasteiger partial charge is 0.246 e. The van der Waals surface area contributed by atoms with Crippen molar-refractivity contribution in [3.63, 3.8) is 0 Å². The molecule has 0 spiro atoms. The van der Waals surface area contributed by atoms with Crippen LogP contribution in [0.25, 0.3) is 10.9 Å². The molecule has 1 aliphatic heterocycles. The minimum atomic E-state index is -3.66. The van der Waals surface area contributed by atoms with E-state index in [2.05, 4.69) is 20.9 Å². The molecular weight excluding hydrogens is 447 g/mol. The molecule has 148 valence electrons. The highest BCUT2D eigenvalue weighted by Crippen LogP contribution is 2.36. The van der Waals surface area contributed by atoms with Crippen LogP contribution in [0.15, 0.2) is 52.0 Å². The number of hydrogen-bond acceptors (Lipinski definition) is 3. The Bertz CT molecular complexity index is 1120. The fourth-order valence-corrected chi connectivity index (χ4v) is 6.01. The molecule has 1 aliphatic rings. The van der Waals surface area contributed by atoms with Gasteiger partial charge in [0.05, 0.1) is 7.11 Å². The maximum absolute atomic E-state index is 13.7. The van der Waals surface area contributed by atoms with Gasteiger partial charge in [-0.1, -0.05) is 15.9 Å². The number of fused-ring (bicyclic) bond motifs is 1. The van der Waals surface area contributed by atoms with Crippen molar-refractivity contribution in [1.29, 1.82) is 0 Å². The molecule has 2 aromatic carbocycles. The lowest BCUT2D eigenvalue weighted by atomic mass is 9.90. The Morgan fingerprint density at radius 2 is 1.93 bits per heavy atom. The van der Waals surface area contributed by atoms with Gasteiger partial charge in [-0.3, -0.25) is 0 Å². The Kier molecular flexibility index (Phi) is 5.20. The first-order chi connectivity index (χ1) is 13.4. The minimum Gasteiger partial charge on any atom is -0.495 e. The minimum absolute atomic E-state index is 0.164. The van der Waals surface area contributed by atoms with Crippen molar-refractivity contribution in [2.24, 2.45) is 0 Å². The summed E-state index contributed by atoms with van der Waals surface area (Å²) in [6.07, 6.45) is 3.27. The van der Waals surface area contributed by atoms with Gasteiger partial charge in [0.2, 0.25) is 10.0 Å². The zero-order valence-electron chi connectivity index (χ0n) is 15.3. The molecule has 0 bridgehead atoms. The highest BCUT2D eigenvalue weighted by Gasteiger charge is 2.32. The Morgan fingerprint density at radius 3 is 2.64 bits per heavy atom. The monoisotopic (exact) mass is 466 g/mol. The van der Waals surface area contributed by atoms with Crippen LogP contribution in [0.4, 0.5) is 4.39 Å². The number of ether oxygens (including phenoxy) is 1. The van der Waals surface area contributed by atoms with Gasteiger partial charge in [-0.2, -0.15) is 4.31 Å². The lowest BCUT2D eigenvalue weighted by Gasteiger charge is -2.31. The van der Waals surface area contributed by atoms with Gasteiger partial charge in [-0.05, 0) is 60.7 Å². The molecule has 1 aromatic heterocycles. The van der Waals surface area contributed by atoms with Crippen molar-refractivity contribution in [1.82, 2.24) is 9.29 Å². The Labute approximate surface area is 171 Å². The van der Waals surface area contributed by atoms with Gasteiger partial charge in [0, 0.05) is 34.7 Å². The lowest BCUT2D eigenvalue weighted by molar-refractivity contribution is 0.318. The second-order valence-electron chi connectivity index (χ2n) is 6.91. The number of aromatic amines is 1. The van der Waals surface area contributed by atoms with E-state index in [0.717, 1.165) is 16.5 Å². The van der Waals surface area contributed by atoms with E-state index < -0.39 is 10.0 Å². The van der Waals surface area contributed by atoms with Gasteiger partial charge >= 0.3 is 0 Å². The van der Waals surface area contributed by atoms with Crippen molar-refractivity contribution < 1.29 is 17.5 Å². The van der Waals surface area contributed by atoms with Gasteiger partial charge in [0.1, 0.15) is 16.5 Å². The number of aromatic nitrogens is 1. The van der Waals surface area contributed by atoms with Crippen LogP contribution in [0.5, 0.6) is 5.75 Å². The average molecular weight is 467 g/mol. The molecule has 0 amide bonds. The van der Waals surface area contributed by atoms with E-state index in [-0.39, 0.29) is 16.6 Å². The quantitative estimate of drug-likeness (QED) is 0.608.